The fraction of sp³-hybridized carbons (Fsp3) is 0.444. The summed E-state index contributed by atoms with van der Waals surface area (Å²) in [5, 5.41) is 9.65. The van der Waals surface area contributed by atoms with E-state index in [4.69, 9.17) is 9.90 Å². The van der Waals surface area contributed by atoms with Gasteiger partial charge in [0, 0.05) is 25.5 Å². The van der Waals surface area contributed by atoms with Crippen LogP contribution in [0.2, 0.25) is 0 Å². The molecule has 2 fully saturated rings. The number of nitrogens with one attached hydrogen (secondary N) is 1. The number of pyridine rings is 1. The number of alkyl halides is 6. The smallest absolute Gasteiger partial charge is 0.475 e. The summed E-state index contributed by atoms with van der Waals surface area (Å²) >= 11 is 0. The van der Waals surface area contributed by atoms with E-state index in [0.29, 0.717) is 13.0 Å². The lowest BCUT2D eigenvalue weighted by molar-refractivity contribution is -0.274. The van der Waals surface area contributed by atoms with Crippen LogP contribution in [0.3, 0.4) is 0 Å². The summed E-state index contributed by atoms with van der Waals surface area (Å²) in [5.74, 6) is -4.84. The van der Waals surface area contributed by atoms with Crippen molar-refractivity contribution < 1.29 is 55.4 Å². The van der Waals surface area contributed by atoms with Crippen LogP contribution in [0.15, 0.2) is 42.7 Å². The van der Waals surface area contributed by atoms with E-state index < -0.39 is 53.6 Å². The molecule has 4 rings (SSSR count). The average molecular weight is 634 g/mol. The maximum Gasteiger partial charge on any atom is 0.573 e. The fourth-order valence-corrected chi connectivity index (χ4v) is 4.58. The van der Waals surface area contributed by atoms with E-state index >= 15 is 0 Å². The fourth-order valence-electron chi connectivity index (χ4n) is 4.58. The first-order valence-electron chi connectivity index (χ1n) is 13.1. The van der Waals surface area contributed by atoms with Gasteiger partial charge in [0.2, 0.25) is 5.91 Å². The van der Waals surface area contributed by atoms with E-state index in [9.17, 15) is 40.7 Å². The van der Waals surface area contributed by atoms with Crippen LogP contribution in [-0.4, -0.2) is 81.9 Å². The van der Waals surface area contributed by atoms with E-state index in [1.165, 1.54) is 11.0 Å². The highest BCUT2D eigenvalue weighted by atomic mass is 19.4. The number of amides is 4. The number of hydrogen-bond donors (Lipinski definition) is 2. The van der Waals surface area contributed by atoms with Crippen molar-refractivity contribution in [2.24, 2.45) is 5.92 Å². The molecule has 0 bridgehead atoms. The lowest BCUT2D eigenvalue weighted by Crippen LogP contribution is -2.43. The summed E-state index contributed by atoms with van der Waals surface area (Å²) in [6.07, 6.45) is -5.58. The molecule has 44 heavy (non-hydrogen) atoms. The van der Waals surface area contributed by atoms with Gasteiger partial charge in [-0.2, -0.15) is 13.2 Å². The Morgan fingerprint density at radius 2 is 1.70 bits per heavy atom. The number of nitrogens with zero attached hydrogens (tertiary/aromatic N) is 4. The normalized spacial score (nSPS) is 18.9. The Balaban J connectivity index is 0.000000676. The van der Waals surface area contributed by atoms with Crippen molar-refractivity contribution >= 4 is 35.2 Å². The second kappa shape index (κ2) is 13.1. The molecule has 2 aliphatic heterocycles. The van der Waals surface area contributed by atoms with Crippen molar-refractivity contribution in [2.45, 2.75) is 51.3 Å². The minimum Gasteiger partial charge on any atom is -0.475 e. The number of benzene rings is 1. The maximum absolute atomic E-state index is 13.4. The molecule has 2 N–H and O–H groups in total. The number of aliphatic carboxylic acids is 1. The molecule has 11 nitrogen and oxygen atoms in total. The molecule has 17 heteroatoms. The summed E-state index contributed by atoms with van der Waals surface area (Å²) in [6, 6.07) is 6.14. The molecule has 240 valence electrons. The van der Waals surface area contributed by atoms with Gasteiger partial charge in [0.1, 0.15) is 5.54 Å². The Bertz CT molecular complexity index is 1390. The Labute approximate surface area is 247 Å². The van der Waals surface area contributed by atoms with Gasteiger partial charge in [0.05, 0.1) is 17.3 Å². The van der Waals surface area contributed by atoms with Crippen LogP contribution in [0.25, 0.3) is 0 Å². The Kier molecular flexibility index (Phi) is 10.1. The van der Waals surface area contributed by atoms with Crippen LogP contribution in [0.1, 0.15) is 32.3 Å². The lowest BCUT2D eigenvalue weighted by atomic mass is 9.97. The van der Waals surface area contributed by atoms with Gasteiger partial charge in [-0.3, -0.25) is 14.6 Å². The number of ether oxygens (including phenoxy) is 1. The molecule has 1 aromatic carbocycles. The molecule has 3 heterocycles. The van der Waals surface area contributed by atoms with E-state index in [1.54, 1.807) is 38.4 Å². The summed E-state index contributed by atoms with van der Waals surface area (Å²) < 4.78 is 75.1. The molecule has 0 saturated carbocycles. The molecule has 2 aliphatic rings. The lowest BCUT2D eigenvalue weighted by Gasteiger charge is -2.29. The third-order valence-electron chi connectivity index (χ3n) is 6.86. The van der Waals surface area contributed by atoms with Gasteiger partial charge < -0.3 is 25.0 Å². The zero-order chi connectivity index (χ0) is 33.0. The number of aromatic nitrogens is 1. The SMILES string of the molecule is CN1CCCC(C(=O)Nc2cc(N3C(=O)N(Cc4ccncc4)C(C)(C)C3=O)ccc2OC(F)(F)F)C1.O=C(O)C(F)(F)F. The first-order chi connectivity index (χ1) is 20.3. The molecule has 0 spiro atoms. The minimum atomic E-state index is -5.08. The highest BCUT2D eigenvalue weighted by molar-refractivity contribution is 6.23. The number of carbonyl (C=O) groups excluding carboxylic acids is 3. The van der Waals surface area contributed by atoms with Gasteiger partial charge in [0.15, 0.2) is 5.75 Å². The third kappa shape index (κ3) is 8.36. The van der Waals surface area contributed by atoms with E-state index in [1.807, 2.05) is 11.9 Å². The first-order valence-corrected chi connectivity index (χ1v) is 13.1. The first kappa shape index (κ1) is 34.1. The van der Waals surface area contributed by atoms with Gasteiger partial charge in [-0.15, -0.1) is 13.2 Å². The summed E-state index contributed by atoms with van der Waals surface area (Å²) in [4.78, 5) is 56.7. The number of halogens is 6. The predicted octanol–water partition coefficient (Wildman–Crippen LogP) is 4.64. The molecular formula is C27H29F6N5O6. The van der Waals surface area contributed by atoms with Crippen LogP contribution in [0.4, 0.5) is 42.5 Å². The molecule has 2 saturated heterocycles. The van der Waals surface area contributed by atoms with Crippen LogP contribution >= 0.6 is 0 Å². The quantitative estimate of drug-likeness (QED) is 0.348. The number of anilines is 2. The Morgan fingerprint density at radius 3 is 2.25 bits per heavy atom. The third-order valence-corrected chi connectivity index (χ3v) is 6.86. The van der Waals surface area contributed by atoms with Crippen molar-refractivity contribution in [3.63, 3.8) is 0 Å². The van der Waals surface area contributed by atoms with Gasteiger partial charge in [-0.1, -0.05) is 0 Å². The van der Waals surface area contributed by atoms with Crippen LogP contribution in [-0.2, 0) is 20.9 Å². The van der Waals surface area contributed by atoms with Gasteiger partial charge in [-0.05, 0) is 76.2 Å². The minimum absolute atomic E-state index is 0.0193. The van der Waals surface area contributed by atoms with Crippen molar-refractivity contribution in [3.8, 4) is 5.75 Å². The largest absolute Gasteiger partial charge is 0.573 e. The maximum atomic E-state index is 13.4. The molecule has 4 amide bonds. The molecule has 0 aliphatic carbocycles. The number of rotatable bonds is 6. The summed E-state index contributed by atoms with van der Waals surface area (Å²) in [7, 11) is 1.86. The van der Waals surface area contributed by atoms with Crippen molar-refractivity contribution in [1.29, 1.82) is 0 Å². The predicted molar refractivity (Wildman–Crippen MR) is 142 cm³/mol. The van der Waals surface area contributed by atoms with Crippen LogP contribution < -0.4 is 15.0 Å². The average Bonchev–Trinajstić information content (AvgIpc) is 3.08. The van der Waals surface area contributed by atoms with E-state index in [2.05, 4.69) is 15.0 Å². The number of urea groups is 1. The number of likely N-dealkylation sites (tertiary alicyclic amines) is 1. The highest BCUT2D eigenvalue weighted by Gasteiger charge is 2.52. The molecule has 0 radical (unpaired) electrons. The zero-order valence-electron chi connectivity index (χ0n) is 23.7. The Morgan fingerprint density at radius 1 is 1.09 bits per heavy atom. The number of hydrogen-bond acceptors (Lipinski definition) is 7. The van der Waals surface area contributed by atoms with E-state index in [-0.39, 0.29) is 17.9 Å². The molecule has 1 unspecified atom stereocenters. The molecule has 1 atom stereocenters. The van der Waals surface area contributed by atoms with Gasteiger partial charge >= 0.3 is 24.5 Å². The second-order valence-electron chi connectivity index (χ2n) is 10.5. The van der Waals surface area contributed by atoms with E-state index in [0.717, 1.165) is 35.6 Å². The number of carbonyl (C=O) groups is 4. The van der Waals surface area contributed by atoms with Gasteiger partial charge in [-0.25, -0.2) is 14.5 Å². The standard InChI is InChI=1S/C25H28F3N5O4.C2HF3O2/c1-24(2)22(35)33(23(36)32(24)14-16-8-10-29-11-9-16)18-6-7-20(37-25(26,27)28)19(13-18)30-21(34)17-5-4-12-31(3)15-17;3-2(4,5)1(6)7/h6-11,13,17H,4-5,12,14-15H2,1-3H3,(H,30,34);(H,6,7). The topological polar surface area (TPSA) is 132 Å². The highest BCUT2D eigenvalue weighted by Crippen LogP contribution is 2.38. The van der Waals surface area contributed by atoms with Crippen molar-refractivity contribution in [2.75, 3.05) is 30.4 Å². The molecular weight excluding hydrogens is 604 g/mol. The second-order valence-corrected chi connectivity index (χ2v) is 10.5. The molecule has 2 aromatic rings. The number of piperidine rings is 1. The number of carboxylic acids is 1. The van der Waals surface area contributed by atoms with Crippen LogP contribution in [0.5, 0.6) is 5.75 Å². The number of carboxylic acid groups (broad SMARTS) is 1. The molecule has 1 aromatic heterocycles. The monoisotopic (exact) mass is 633 g/mol. The van der Waals surface area contributed by atoms with Gasteiger partial charge in [0.25, 0.3) is 5.91 Å². The van der Waals surface area contributed by atoms with Crippen LogP contribution in [0, 0.1) is 5.92 Å². The zero-order valence-corrected chi connectivity index (χ0v) is 23.7. The number of imide groups is 1. The van der Waals surface area contributed by atoms with Crippen molar-refractivity contribution in [3.05, 3.63) is 48.3 Å². The van der Waals surface area contributed by atoms with Crippen molar-refractivity contribution in [1.82, 2.24) is 14.8 Å². The summed E-state index contributed by atoms with van der Waals surface area (Å²) in [5.41, 5.74) is -0.729. The Hall–Kier alpha value is -4.41. The summed E-state index contributed by atoms with van der Waals surface area (Å²) in [6.45, 7) is 4.61.